The van der Waals surface area contributed by atoms with E-state index in [1.54, 1.807) is 0 Å². The highest BCUT2D eigenvalue weighted by molar-refractivity contribution is 5.89. The highest BCUT2D eigenvalue weighted by Gasteiger charge is 2.44. The number of fused-ring (bicyclic) bond motifs is 1. The van der Waals surface area contributed by atoms with Crippen molar-refractivity contribution < 1.29 is 23.1 Å². The second kappa shape index (κ2) is 6.63. The third-order valence-electron chi connectivity index (χ3n) is 4.96. The van der Waals surface area contributed by atoms with E-state index in [9.17, 15) is 23.1 Å². The molecule has 132 valence electrons. The standard InChI is InChI=1S/C17H21F3N2O2/c18-17(19,20)15(23)12-6-8-22(9-7-12)16(24)21-14-5-4-11-2-1-3-13(11)10-14/h4-5,10,12,15,23H,1-3,6-9H2,(H,21,24)/t15-/m1/s1. The Balaban J connectivity index is 1.54. The molecule has 0 spiro atoms. The first-order valence-electron chi connectivity index (χ1n) is 8.27. The van der Waals surface area contributed by atoms with Gasteiger partial charge in [-0.3, -0.25) is 0 Å². The average molecular weight is 342 g/mol. The minimum Gasteiger partial charge on any atom is -0.383 e. The molecule has 1 aromatic rings. The third-order valence-corrected chi connectivity index (χ3v) is 4.96. The Morgan fingerprint density at radius 2 is 1.88 bits per heavy atom. The van der Waals surface area contributed by atoms with Crippen LogP contribution < -0.4 is 5.32 Å². The SMILES string of the molecule is O=C(Nc1ccc2c(c1)CCC2)N1CCC([C@@H](O)C(F)(F)F)CC1. The van der Waals surface area contributed by atoms with E-state index in [-0.39, 0.29) is 32.0 Å². The molecule has 1 heterocycles. The minimum atomic E-state index is -4.60. The Morgan fingerprint density at radius 1 is 1.21 bits per heavy atom. The Hall–Kier alpha value is -1.76. The molecule has 2 N–H and O–H groups in total. The maximum atomic E-state index is 12.5. The van der Waals surface area contributed by atoms with E-state index < -0.39 is 18.2 Å². The highest BCUT2D eigenvalue weighted by Crippen LogP contribution is 2.32. The second-order valence-corrected chi connectivity index (χ2v) is 6.58. The number of aryl methyl sites for hydroxylation is 2. The Morgan fingerprint density at radius 3 is 2.54 bits per heavy atom. The third kappa shape index (κ3) is 3.66. The highest BCUT2D eigenvalue weighted by atomic mass is 19.4. The normalized spacial score (nSPS) is 19.9. The lowest BCUT2D eigenvalue weighted by Gasteiger charge is -2.34. The summed E-state index contributed by atoms with van der Waals surface area (Å²) in [6.45, 7) is 0.434. The van der Waals surface area contributed by atoms with Crippen molar-refractivity contribution in [1.29, 1.82) is 0 Å². The number of aliphatic hydroxyl groups is 1. The van der Waals surface area contributed by atoms with Crippen LogP contribution in [-0.4, -0.2) is 41.4 Å². The topological polar surface area (TPSA) is 52.6 Å². The van der Waals surface area contributed by atoms with E-state index in [1.807, 2.05) is 18.2 Å². The number of carbonyl (C=O) groups excluding carboxylic acids is 1. The van der Waals surface area contributed by atoms with Crippen LogP contribution in [-0.2, 0) is 12.8 Å². The maximum absolute atomic E-state index is 12.5. The van der Waals surface area contributed by atoms with Crippen LogP contribution in [0.1, 0.15) is 30.4 Å². The number of anilines is 1. The molecule has 2 amide bonds. The number of urea groups is 1. The number of nitrogens with one attached hydrogen (secondary N) is 1. The van der Waals surface area contributed by atoms with Crippen LogP contribution in [0.4, 0.5) is 23.7 Å². The van der Waals surface area contributed by atoms with Crippen LogP contribution in [0.5, 0.6) is 0 Å². The van der Waals surface area contributed by atoms with Gasteiger partial charge in [-0.05, 0) is 61.3 Å². The molecule has 1 saturated heterocycles. The molecule has 1 fully saturated rings. The van der Waals surface area contributed by atoms with E-state index in [0.29, 0.717) is 0 Å². The lowest BCUT2D eigenvalue weighted by molar-refractivity contribution is -0.222. The average Bonchev–Trinajstić information content (AvgIpc) is 3.01. The van der Waals surface area contributed by atoms with Crippen LogP contribution in [0.3, 0.4) is 0 Å². The van der Waals surface area contributed by atoms with Crippen molar-refractivity contribution in [2.75, 3.05) is 18.4 Å². The van der Waals surface area contributed by atoms with E-state index in [4.69, 9.17) is 0 Å². The molecule has 1 aromatic carbocycles. The molecule has 1 aliphatic carbocycles. The molecular weight excluding hydrogens is 321 g/mol. The summed E-state index contributed by atoms with van der Waals surface area (Å²) < 4.78 is 37.6. The summed E-state index contributed by atoms with van der Waals surface area (Å²) in [5.41, 5.74) is 3.29. The molecule has 0 aromatic heterocycles. The second-order valence-electron chi connectivity index (χ2n) is 6.58. The Labute approximate surface area is 138 Å². The van der Waals surface area contributed by atoms with Crippen molar-refractivity contribution in [2.45, 2.75) is 44.4 Å². The summed E-state index contributed by atoms with van der Waals surface area (Å²) in [7, 11) is 0. The number of alkyl halides is 3. The molecule has 3 rings (SSSR count). The number of nitrogens with zero attached hydrogens (tertiary/aromatic N) is 1. The van der Waals surface area contributed by atoms with Crippen molar-refractivity contribution in [3.8, 4) is 0 Å². The fourth-order valence-corrected chi connectivity index (χ4v) is 3.54. The quantitative estimate of drug-likeness (QED) is 0.866. The van der Waals surface area contributed by atoms with Gasteiger partial charge < -0.3 is 15.3 Å². The molecule has 0 bridgehead atoms. The lowest BCUT2D eigenvalue weighted by atomic mass is 9.91. The molecule has 24 heavy (non-hydrogen) atoms. The number of halogens is 3. The number of piperidine rings is 1. The van der Waals surface area contributed by atoms with Crippen molar-refractivity contribution >= 4 is 11.7 Å². The summed E-state index contributed by atoms with van der Waals surface area (Å²) in [5, 5.41) is 12.1. The maximum Gasteiger partial charge on any atom is 0.414 e. The monoisotopic (exact) mass is 342 g/mol. The van der Waals surface area contributed by atoms with E-state index in [0.717, 1.165) is 24.9 Å². The molecule has 2 aliphatic rings. The molecule has 0 radical (unpaired) electrons. The summed E-state index contributed by atoms with van der Waals surface area (Å²) >= 11 is 0. The molecule has 7 heteroatoms. The van der Waals surface area contributed by atoms with Gasteiger partial charge in [-0.15, -0.1) is 0 Å². The van der Waals surface area contributed by atoms with Crippen LogP contribution in [0.15, 0.2) is 18.2 Å². The Kier molecular flexibility index (Phi) is 4.71. The van der Waals surface area contributed by atoms with E-state index in [1.165, 1.54) is 16.0 Å². The van der Waals surface area contributed by atoms with Crippen molar-refractivity contribution in [1.82, 2.24) is 4.90 Å². The van der Waals surface area contributed by atoms with E-state index in [2.05, 4.69) is 5.32 Å². The fourth-order valence-electron chi connectivity index (χ4n) is 3.54. The first kappa shape index (κ1) is 17.1. The van der Waals surface area contributed by atoms with Crippen LogP contribution in [0, 0.1) is 5.92 Å². The minimum absolute atomic E-state index is 0.151. The van der Waals surface area contributed by atoms with E-state index >= 15 is 0 Å². The summed E-state index contributed by atoms with van der Waals surface area (Å²) in [6, 6.07) is 5.56. The predicted molar refractivity (Wildman–Crippen MR) is 83.8 cm³/mol. The number of benzene rings is 1. The number of hydrogen-bond acceptors (Lipinski definition) is 2. The van der Waals surface area contributed by atoms with Crippen LogP contribution in [0.2, 0.25) is 0 Å². The molecule has 1 atom stereocenters. The summed E-state index contributed by atoms with van der Waals surface area (Å²) in [5.74, 6) is -0.839. The zero-order valence-electron chi connectivity index (χ0n) is 13.3. The first-order chi connectivity index (χ1) is 11.3. The number of rotatable bonds is 2. The van der Waals surface area contributed by atoms with Gasteiger partial charge in [-0.25, -0.2) is 4.79 Å². The fraction of sp³-hybridized carbons (Fsp3) is 0.588. The molecule has 0 unspecified atom stereocenters. The molecule has 0 saturated carbocycles. The smallest absolute Gasteiger partial charge is 0.383 e. The van der Waals surface area contributed by atoms with Gasteiger partial charge in [0.05, 0.1) is 0 Å². The van der Waals surface area contributed by atoms with Gasteiger partial charge in [0.1, 0.15) is 0 Å². The molecule has 4 nitrogen and oxygen atoms in total. The largest absolute Gasteiger partial charge is 0.414 e. The molecular formula is C17H21F3N2O2. The summed E-state index contributed by atoms with van der Waals surface area (Å²) in [4.78, 5) is 13.8. The number of aliphatic hydroxyl groups excluding tert-OH is 1. The van der Waals surface area contributed by atoms with Gasteiger partial charge in [-0.1, -0.05) is 6.07 Å². The van der Waals surface area contributed by atoms with Crippen LogP contribution in [0.25, 0.3) is 0 Å². The molecule has 1 aliphatic heterocycles. The summed E-state index contributed by atoms with van der Waals surface area (Å²) in [6.07, 6.45) is -3.39. The zero-order valence-corrected chi connectivity index (χ0v) is 13.3. The lowest BCUT2D eigenvalue weighted by Crippen LogP contribution is -2.46. The van der Waals surface area contributed by atoms with Gasteiger partial charge in [0.2, 0.25) is 0 Å². The number of hydrogen-bond donors (Lipinski definition) is 2. The van der Waals surface area contributed by atoms with Crippen molar-refractivity contribution in [2.24, 2.45) is 5.92 Å². The zero-order chi connectivity index (χ0) is 17.3. The van der Waals surface area contributed by atoms with Gasteiger partial charge in [0.15, 0.2) is 6.10 Å². The Bertz CT molecular complexity index is 610. The first-order valence-corrected chi connectivity index (χ1v) is 8.27. The van der Waals surface area contributed by atoms with Crippen molar-refractivity contribution in [3.63, 3.8) is 0 Å². The number of carbonyl (C=O) groups is 1. The number of likely N-dealkylation sites (tertiary alicyclic amines) is 1. The van der Waals surface area contributed by atoms with Gasteiger partial charge >= 0.3 is 12.2 Å². The van der Waals surface area contributed by atoms with Crippen molar-refractivity contribution in [3.05, 3.63) is 29.3 Å². The van der Waals surface area contributed by atoms with Crippen LogP contribution >= 0.6 is 0 Å². The number of amides is 2. The van der Waals surface area contributed by atoms with Gasteiger partial charge in [0.25, 0.3) is 0 Å². The van der Waals surface area contributed by atoms with Gasteiger partial charge in [-0.2, -0.15) is 13.2 Å². The van der Waals surface area contributed by atoms with Gasteiger partial charge in [0, 0.05) is 18.8 Å². The predicted octanol–water partition coefficient (Wildman–Crippen LogP) is 3.34.